The summed E-state index contributed by atoms with van der Waals surface area (Å²) in [7, 11) is 0. The van der Waals surface area contributed by atoms with Crippen molar-refractivity contribution in [1.29, 1.82) is 0 Å². The molecule has 3 heteroatoms. The number of aliphatic hydroxyl groups is 1. The minimum Gasteiger partial charge on any atom is -0.428 e. The molecule has 0 saturated carbocycles. The maximum absolute atomic E-state index is 8.86. The quantitative estimate of drug-likeness (QED) is 0.860. The summed E-state index contributed by atoms with van der Waals surface area (Å²) in [4.78, 5) is 0. The second-order valence-corrected chi connectivity index (χ2v) is 3.80. The lowest BCUT2D eigenvalue weighted by Crippen LogP contribution is -1.85. The molecule has 0 aliphatic carbocycles. The van der Waals surface area contributed by atoms with Gasteiger partial charge in [0.15, 0.2) is 0 Å². The average molecular weight is 218 g/mol. The van der Waals surface area contributed by atoms with Crippen molar-refractivity contribution in [3.63, 3.8) is 0 Å². The molecule has 2 aromatic rings. The fraction of sp³-hybridized carbons (Fsp3) is 0.231. The minimum absolute atomic E-state index is 0.115. The lowest BCUT2D eigenvalue weighted by molar-refractivity contribution is 0.231. The molecule has 2 rings (SSSR count). The van der Waals surface area contributed by atoms with Crippen LogP contribution in [0.1, 0.15) is 16.9 Å². The zero-order valence-corrected chi connectivity index (χ0v) is 9.36. The van der Waals surface area contributed by atoms with E-state index >= 15 is 0 Å². The van der Waals surface area contributed by atoms with Crippen LogP contribution in [0.2, 0.25) is 0 Å². The van der Waals surface area contributed by atoms with Crippen LogP contribution < -0.4 is 4.74 Å². The van der Waals surface area contributed by atoms with Crippen LogP contribution >= 0.6 is 0 Å². The monoisotopic (exact) mass is 218 g/mol. The molecule has 1 aromatic carbocycles. The number of furan rings is 1. The van der Waals surface area contributed by atoms with Crippen LogP contribution in [0.15, 0.2) is 34.7 Å². The molecule has 0 amide bonds. The van der Waals surface area contributed by atoms with Gasteiger partial charge in [-0.05, 0) is 43.2 Å². The lowest BCUT2D eigenvalue weighted by atomic mass is 10.1. The smallest absolute Gasteiger partial charge is 0.290 e. The highest BCUT2D eigenvalue weighted by molar-refractivity contribution is 5.35. The first-order valence-corrected chi connectivity index (χ1v) is 5.13. The maximum atomic E-state index is 8.86. The van der Waals surface area contributed by atoms with E-state index in [0.29, 0.717) is 11.7 Å². The Labute approximate surface area is 94.3 Å². The van der Waals surface area contributed by atoms with E-state index in [9.17, 15) is 0 Å². The molecule has 0 fully saturated rings. The molecule has 0 aliphatic rings. The van der Waals surface area contributed by atoms with Crippen molar-refractivity contribution in [2.45, 2.75) is 20.5 Å². The average Bonchev–Trinajstić information content (AvgIpc) is 2.64. The molecule has 1 aromatic heterocycles. The summed E-state index contributed by atoms with van der Waals surface area (Å²) >= 11 is 0. The Morgan fingerprint density at radius 3 is 2.38 bits per heavy atom. The van der Waals surface area contributed by atoms with Crippen LogP contribution in [0.4, 0.5) is 0 Å². The first kappa shape index (κ1) is 10.8. The number of rotatable bonds is 3. The maximum Gasteiger partial charge on any atom is 0.290 e. The number of hydrogen-bond acceptors (Lipinski definition) is 3. The van der Waals surface area contributed by atoms with Gasteiger partial charge in [0, 0.05) is 6.07 Å². The number of benzene rings is 1. The van der Waals surface area contributed by atoms with E-state index in [0.717, 1.165) is 16.9 Å². The van der Waals surface area contributed by atoms with Crippen molar-refractivity contribution in [2.24, 2.45) is 0 Å². The largest absolute Gasteiger partial charge is 0.428 e. The van der Waals surface area contributed by atoms with E-state index in [2.05, 4.69) is 6.07 Å². The van der Waals surface area contributed by atoms with E-state index < -0.39 is 0 Å². The molecule has 0 atom stereocenters. The molecule has 0 saturated heterocycles. The van der Waals surface area contributed by atoms with Gasteiger partial charge in [0.1, 0.15) is 18.1 Å². The summed E-state index contributed by atoms with van der Waals surface area (Å²) in [5, 5.41) is 8.86. The second-order valence-electron chi connectivity index (χ2n) is 3.80. The van der Waals surface area contributed by atoms with Crippen LogP contribution in [-0.4, -0.2) is 5.11 Å². The highest BCUT2D eigenvalue weighted by Gasteiger charge is 2.04. The van der Waals surface area contributed by atoms with Crippen molar-refractivity contribution in [3.05, 3.63) is 47.2 Å². The van der Waals surface area contributed by atoms with Crippen LogP contribution in [0.25, 0.3) is 0 Å². The standard InChI is InChI=1S/C13H14O3/c1-9-5-10(2)7-12(6-9)16-13-4-3-11(8-14)15-13/h3-7,14H,8H2,1-2H3. The van der Waals surface area contributed by atoms with Crippen molar-refractivity contribution in [1.82, 2.24) is 0 Å². The van der Waals surface area contributed by atoms with Gasteiger partial charge in [0.2, 0.25) is 0 Å². The molecule has 1 N–H and O–H groups in total. The van der Waals surface area contributed by atoms with E-state index in [4.69, 9.17) is 14.3 Å². The first-order valence-electron chi connectivity index (χ1n) is 5.13. The normalized spacial score (nSPS) is 10.4. The molecule has 0 unspecified atom stereocenters. The van der Waals surface area contributed by atoms with Crippen molar-refractivity contribution >= 4 is 0 Å². The minimum atomic E-state index is -0.115. The molecule has 0 bridgehead atoms. The van der Waals surface area contributed by atoms with E-state index in [1.807, 2.05) is 26.0 Å². The van der Waals surface area contributed by atoms with Gasteiger partial charge in [0.25, 0.3) is 5.95 Å². The number of hydrogen-bond donors (Lipinski definition) is 1. The van der Waals surface area contributed by atoms with Gasteiger partial charge in [-0.2, -0.15) is 0 Å². The Morgan fingerprint density at radius 2 is 1.81 bits per heavy atom. The van der Waals surface area contributed by atoms with Crippen LogP contribution in [0.5, 0.6) is 11.7 Å². The van der Waals surface area contributed by atoms with Gasteiger partial charge < -0.3 is 14.3 Å². The Morgan fingerprint density at radius 1 is 1.12 bits per heavy atom. The molecular formula is C13H14O3. The van der Waals surface area contributed by atoms with Gasteiger partial charge in [0.05, 0.1) is 0 Å². The van der Waals surface area contributed by atoms with Crippen molar-refractivity contribution in [3.8, 4) is 11.7 Å². The van der Waals surface area contributed by atoms with E-state index in [1.165, 1.54) is 0 Å². The third kappa shape index (κ3) is 2.44. The Kier molecular flexibility index (Phi) is 2.97. The van der Waals surface area contributed by atoms with E-state index in [1.54, 1.807) is 12.1 Å². The third-order valence-electron chi connectivity index (χ3n) is 2.21. The summed E-state index contributed by atoms with van der Waals surface area (Å²) in [6, 6.07) is 9.34. The summed E-state index contributed by atoms with van der Waals surface area (Å²) in [5.74, 6) is 1.64. The number of aryl methyl sites for hydroxylation is 2. The predicted octanol–water partition coefficient (Wildman–Crippen LogP) is 3.18. The zero-order valence-electron chi connectivity index (χ0n) is 9.36. The second kappa shape index (κ2) is 4.41. The highest BCUT2D eigenvalue weighted by Crippen LogP contribution is 2.25. The summed E-state index contributed by atoms with van der Waals surface area (Å²) < 4.78 is 10.8. The van der Waals surface area contributed by atoms with Crippen LogP contribution in [-0.2, 0) is 6.61 Å². The van der Waals surface area contributed by atoms with Crippen molar-refractivity contribution in [2.75, 3.05) is 0 Å². The zero-order chi connectivity index (χ0) is 11.5. The SMILES string of the molecule is Cc1cc(C)cc(Oc2ccc(CO)o2)c1. The van der Waals surface area contributed by atoms with Crippen LogP contribution in [0.3, 0.4) is 0 Å². The summed E-state index contributed by atoms with van der Waals surface area (Å²) in [6.45, 7) is 3.92. The lowest BCUT2D eigenvalue weighted by Gasteiger charge is -2.04. The van der Waals surface area contributed by atoms with Gasteiger partial charge in [-0.15, -0.1) is 0 Å². The molecule has 3 nitrogen and oxygen atoms in total. The summed E-state index contributed by atoms with van der Waals surface area (Å²) in [5.41, 5.74) is 2.29. The molecule has 0 aliphatic heterocycles. The van der Waals surface area contributed by atoms with Crippen molar-refractivity contribution < 1.29 is 14.3 Å². The van der Waals surface area contributed by atoms with Gasteiger partial charge in [-0.1, -0.05) is 6.07 Å². The van der Waals surface area contributed by atoms with E-state index in [-0.39, 0.29) is 6.61 Å². The first-order chi connectivity index (χ1) is 7.67. The Balaban J connectivity index is 2.19. The number of ether oxygens (including phenoxy) is 1. The number of aliphatic hydroxyl groups excluding tert-OH is 1. The van der Waals surface area contributed by atoms with Gasteiger partial charge >= 0.3 is 0 Å². The molecule has 84 valence electrons. The fourth-order valence-corrected chi connectivity index (χ4v) is 1.61. The topological polar surface area (TPSA) is 42.6 Å². The van der Waals surface area contributed by atoms with Crippen LogP contribution in [0, 0.1) is 13.8 Å². The molecular weight excluding hydrogens is 204 g/mol. The summed E-state index contributed by atoms with van der Waals surface area (Å²) in [6.07, 6.45) is 0. The molecule has 16 heavy (non-hydrogen) atoms. The third-order valence-corrected chi connectivity index (χ3v) is 2.21. The Hall–Kier alpha value is -1.74. The fourth-order valence-electron chi connectivity index (χ4n) is 1.61. The molecule has 0 radical (unpaired) electrons. The predicted molar refractivity (Wildman–Crippen MR) is 60.6 cm³/mol. The molecule has 1 heterocycles. The van der Waals surface area contributed by atoms with Gasteiger partial charge in [-0.3, -0.25) is 0 Å². The Bertz CT molecular complexity index is 465. The van der Waals surface area contributed by atoms with Gasteiger partial charge in [-0.25, -0.2) is 0 Å². The highest BCUT2D eigenvalue weighted by atomic mass is 16.6. The molecule has 0 spiro atoms.